The molecule has 0 saturated heterocycles. The molecular formula is C25H48. The van der Waals surface area contributed by atoms with Gasteiger partial charge in [0.05, 0.1) is 0 Å². The number of hydrogen-bond donors (Lipinski definition) is 0. The van der Waals surface area contributed by atoms with E-state index in [0.29, 0.717) is 0 Å². The largest absolute Gasteiger partial charge is 0.0885 e. The SMILES string of the molecule is CCCCCC/C=C\CC/C=C\CCCCCCCCCCCCC. The first kappa shape index (κ1) is 24.5. The lowest BCUT2D eigenvalue weighted by Gasteiger charge is -2.01. The number of hydrogen-bond acceptors (Lipinski definition) is 0. The molecule has 0 aliphatic heterocycles. The van der Waals surface area contributed by atoms with Crippen molar-refractivity contribution in [3.05, 3.63) is 24.3 Å². The zero-order chi connectivity index (χ0) is 18.3. The molecular weight excluding hydrogens is 300 g/mol. The second-order valence-corrected chi connectivity index (χ2v) is 7.69. The van der Waals surface area contributed by atoms with Crippen molar-refractivity contribution in [3.8, 4) is 0 Å². The Morgan fingerprint density at radius 2 is 0.600 bits per heavy atom. The van der Waals surface area contributed by atoms with Crippen molar-refractivity contribution < 1.29 is 0 Å². The molecule has 0 heteroatoms. The molecule has 0 spiro atoms. The first-order valence-corrected chi connectivity index (χ1v) is 11.7. The highest BCUT2D eigenvalue weighted by atomic mass is 14.0. The minimum atomic E-state index is 1.22. The Hall–Kier alpha value is -0.520. The van der Waals surface area contributed by atoms with Crippen molar-refractivity contribution in [2.24, 2.45) is 0 Å². The average Bonchev–Trinajstić information content (AvgIpc) is 2.63. The summed E-state index contributed by atoms with van der Waals surface area (Å²) in [5, 5.41) is 0. The number of rotatable bonds is 20. The second-order valence-electron chi connectivity index (χ2n) is 7.69. The molecule has 0 fully saturated rings. The zero-order valence-corrected chi connectivity index (χ0v) is 17.7. The van der Waals surface area contributed by atoms with Crippen LogP contribution in [0.5, 0.6) is 0 Å². The van der Waals surface area contributed by atoms with Gasteiger partial charge in [-0.05, 0) is 38.5 Å². The molecule has 0 atom stereocenters. The van der Waals surface area contributed by atoms with E-state index in [9.17, 15) is 0 Å². The molecule has 0 aliphatic carbocycles. The lowest BCUT2D eigenvalue weighted by atomic mass is 10.1. The third kappa shape index (κ3) is 23.5. The summed E-state index contributed by atoms with van der Waals surface area (Å²) in [6.07, 6.45) is 35.9. The molecule has 0 saturated carbocycles. The van der Waals surface area contributed by atoms with Gasteiger partial charge in [0.1, 0.15) is 0 Å². The highest BCUT2D eigenvalue weighted by Crippen LogP contribution is 2.12. The molecule has 0 heterocycles. The minimum Gasteiger partial charge on any atom is -0.0885 e. The second kappa shape index (κ2) is 23.5. The molecule has 0 aliphatic rings. The summed E-state index contributed by atoms with van der Waals surface area (Å²) in [4.78, 5) is 0. The van der Waals surface area contributed by atoms with Gasteiger partial charge in [0.25, 0.3) is 0 Å². The van der Waals surface area contributed by atoms with Crippen molar-refractivity contribution in [1.29, 1.82) is 0 Å². The fraction of sp³-hybridized carbons (Fsp3) is 0.840. The van der Waals surface area contributed by atoms with E-state index in [1.165, 1.54) is 122 Å². The normalized spacial score (nSPS) is 11.9. The van der Waals surface area contributed by atoms with Crippen LogP contribution in [0.2, 0.25) is 0 Å². The molecule has 0 radical (unpaired) electrons. The molecule has 0 amide bonds. The molecule has 0 rings (SSSR count). The topological polar surface area (TPSA) is 0 Å². The summed E-state index contributed by atoms with van der Waals surface area (Å²) in [7, 11) is 0. The maximum Gasteiger partial charge on any atom is -0.0316 e. The van der Waals surface area contributed by atoms with Gasteiger partial charge in [-0.1, -0.05) is 122 Å². The van der Waals surface area contributed by atoms with Crippen molar-refractivity contribution >= 4 is 0 Å². The van der Waals surface area contributed by atoms with Crippen molar-refractivity contribution in [3.63, 3.8) is 0 Å². The van der Waals surface area contributed by atoms with Crippen LogP contribution >= 0.6 is 0 Å². The number of allylic oxidation sites excluding steroid dienone is 4. The van der Waals surface area contributed by atoms with E-state index in [-0.39, 0.29) is 0 Å². The Balaban J connectivity index is 3.12. The highest BCUT2D eigenvalue weighted by molar-refractivity contribution is 4.88. The highest BCUT2D eigenvalue weighted by Gasteiger charge is 1.92. The Morgan fingerprint density at radius 1 is 0.320 bits per heavy atom. The van der Waals surface area contributed by atoms with E-state index in [2.05, 4.69) is 38.2 Å². The maximum absolute atomic E-state index is 2.41. The summed E-state index contributed by atoms with van der Waals surface area (Å²) >= 11 is 0. The first-order chi connectivity index (χ1) is 12.4. The summed E-state index contributed by atoms with van der Waals surface area (Å²) in [6, 6.07) is 0. The van der Waals surface area contributed by atoms with E-state index in [1.54, 1.807) is 0 Å². The third-order valence-corrected chi connectivity index (χ3v) is 5.03. The predicted octanol–water partition coefficient (Wildman–Crippen LogP) is 9.55. The molecule has 0 unspecified atom stereocenters. The van der Waals surface area contributed by atoms with E-state index in [0.717, 1.165) is 0 Å². The lowest BCUT2D eigenvalue weighted by molar-refractivity contribution is 0.550. The molecule has 25 heavy (non-hydrogen) atoms. The summed E-state index contributed by atoms with van der Waals surface area (Å²) < 4.78 is 0. The third-order valence-electron chi connectivity index (χ3n) is 5.03. The van der Waals surface area contributed by atoms with Crippen LogP contribution in [0.4, 0.5) is 0 Å². The smallest absolute Gasteiger partial charge is 0.0316 e. The van der Waals surface area contributed by atoms with Gasteiger partial charge >= 0.3 is 0 Å². The molecule has 0 aromatic carbocycles. The van der Waals surface area contributed by atoms with Crippen LogP contribution in [0.3, 0.4) is 0 Å². The number of unbranched alkanes of at least 4 members (excludes halogenated alkanes) is 16. The zero-order valence-electron chi connectivity index (χ0n) is 17.7. The van der Waals surface area contributed by atoms with Crippen LogP contribution in [-0.2, 0) is 0 Å². The van der Waals surface area contributed by atoms with E-state index in [4.69, 9.17) is 0 Å². The maximum atomic E-state index is 2.41. The van der Waals surface area contributed by atoms with Crippen molar-refractivity contribution in [2.45, 2.75) is 136 Å². The van der Waals surface area contributed by atoms with Gasteiger partial charge in [-0.2, -0.15) is 0 Å². The van der Waals surface area contributed by atoms with E-state index >= 15 is 0 Å². The van der Waals surface area contributed by atoms with Crippen LogP contribution in [0.25, 0.3) is 0 Å². The van der Waals surface area contributed by atoms with Crippen LogP contribution in [-0.4, -0.2) is 0 Å². The fourth-order valence-corrected chi connectivity index (χ4v) is 3.28. The Morgan fingerprint density at radius 3 is 1.00 bits per heavy atom. The van der Waals surface area contributed by atoms with Crippen LogP contribution in [0.1, 0.15) is 136 Å². The summed E-state index contributed by atoms with van der Waals surface area (Å²) in [5.41, 5.74) is 0. The molecule has 148 valence electrons. The van der Waals surface area contributed by atoms with Crippen LogP contribution in [0.15, 0.2) is 24.3 Å². The predicted molar refractivity (Wildman–Crippen MR) is 117 cm³/mol. The van der Waals surface area contributed by atoms with Gasteiger partial charge in [0, 0.05) is 0 Å². The Bertz CT molecular complexity index is 274. The van der Waals surface area contributed by atoms with Crippen molar-refractivity contribution in [2.75, 3.05) is 0 Å². The Kier molecular flexibility index (Phi) is 23.0. The van der Waals surface area contributed by atoms with Gasteiger partial charge in [-0.25, -0.2) is 0 Å². The van der Waals surface area contributed by atoms with Gasteiger partial charge in [-0.15, -0.1) is 0 Å². The van der Waals surface area contributed by atoms with Gasteiger partial charge in [0.2, 0.25) is 0 Å². The van der Waals surface area contributed by atoms with Crippen molar-refractivity contribution in [1.82, 2.24) is 0 Å². The fourth-order valence-electron chi connectivity index (χ4n) is 3.28. The Labute approximate surface area is 160 Å². The van der Waals surface area contributed by atoms with Crippen LogP contribution in [0, 0.1) is 0 Å². The molecule has 0 aromatic rings. The molecule has 0 N–H and O–H groups in total. The average molecular weight is 349 g/mol. The summed E-state index contributed by atoms with van der Waals surface area (Å²) in [5.74, 6) is 0. The monoisotopic (exact) mass is 348 g/mol. The quantitative estimate of drug-likeness (QED) is 0.152. The standard InChI is InChI=1S/C25H48/c1-3-5-7-9-11-13-15-17-19-21-23-25-24-22-20-18-16-14-12-10-8-6-4-2/h13,15,21,23H,3-12,14,16-20,22,24-25H2,1-2H3/b15-13-,23-21-. The minimum absolute atomic E-state index is 1.22. The molecule has 0 bridgehead atoms. The summed E-state index contributed by atoms with van der Waals surface area (Å²) in [6.45, 7) is 4.57. The van der Waals surface area contributed by atoms with Gasteiger partial charge in [-0.3, -0.25) is 0 Å². The first-order valence-electron chi connectivity index (χ1n) is 11.7. The van der Waals surface area contributed by atoms with E-state index in [1.807, 2.05) is 0 Å². The molecule has 0 aromatic heterocycles. The molecule has 0 nitrogen and oxygen atoms in total. The lowest BCUT2D eigenvalue weighted by Crippen LogP contribution is -1.82. The van der Waals surface area contributed by atoms with Crippen LogP contribution < -0.4 is 0 Å². The van der Waals surface area contributed by atoms with Gasteiger partial charge in [0.15, 0.2) is 0 Å². The van der Waals surface area contributed by atoms with Gasteiger partial charge < -0.3 is 0 Å². The van der Waals surface area contributed by atoms with E-state index < -0.39 is 0 Å².